The van der Waals surface area contributed by atoms with Crippen molar-refractivity contribution in [3.63, 3.8) is 0 Å². The van der Waals surface area contributed by atoms with Gasteiger partial charge < -0.3 is 9.88 Å². The van der Waals surface area contributed by atoms with Crippen molar-refractivity contribution in [3.8, 4) is 11.4 Å². The quantitative estimate of drug-likeness (QED) is 0.601. The zero-order valence-corrected chi connectivity index (χ0v) is 17.2. The van der Waals surface area contributed by atoms with E-state index in [0.29, 0.717) is 5.16 Å². The zero-order valence-electron chi connectivity index (χ0n) is 14.8. The van der Waals surface area contributed by atoms with Gasteiger partial charge in [0.1, 0.15) is 0 Å². The number of amides is 1. The number of benzene rings is 2. The van der Waals surface area contributed by atoms with Crippen LogP contribution in [0.5, 0.6) is 0 Å². The van der Waals surface area contributed by atoms with Crippen molar-refractivity contribution in [1.82, 2.24) is 14.8 Å². The number of hydrogen-bond acceptors (Lipinski definition) is 4. The van der Waals surface area contributed by atoms with Crippen LogP contribution in [0.1, 0.15) is 11.1 Å². The first kappa shape index (κ1) is 18.7. The predicted molar refractivity (Wildman–Crippen MR) is 109 cm³/mol. The van der Waals surface area contributed by atoms with Crippen LogP contribution in [-0.2, 0) is 11.8 Å². The molecule has 0 saturated carbocycles. The van der Waals surface area contributed by atoms with Crippen molar-refractivity contribution in [2.75, 3.05) is 11.1 Å². The molecule has 0 aliphatic heterocycles. The second-order valence-electron chi connectivity index (χ2n) is 6.01. The number of anilines is 1. The minimum absolute atomic E-state index is 0.0635. The first-order valence-corrected chi connectivity index (χ1v) is 9.87. The Morgan fingerprint density at radius 3 is 2.54 bits per heavy atom. The normalized spacial score (nSPS) is 10.8. The first-order valence-electron chi connectivity index (χ1n) is 8.09. The SMILES string of the molecule is Cc1ccc(NC(=O)CSc2nnc(-c3ccc(Br)cc3)n2C)cc1C. The average molecular weight is 431 g/mol. The van der Waals surface area contributed by atoms with E-state index >= 15 is 0 Å². The van der Waals surface area contributed by atoms with Gasteiger partial charge in [-0.3, -0.25) is 4.79 Å². The van der Waals surface area contributed by atoms with E-state index in [2.05, 4.69) is 31.4 Å². The number of rotatable bonds is 5. The highest BCUT2D eigenvalue weighted by molar-refractivity contribution is 9.10. The van der Waals surface area contributed by atoms with Crippen LogP contribution in [0, 0.1) is 13.8 Å². The number of halogens is 1. The molecule has 1 N–H and O–H groups in total. The lowest BCUT2D eigenvalue weighted by Crippen LogP contribution is -2.14. The fourth-order valence-electron chi connectivity index (χ4n) is 2.44. The maximum Gasteiger partial charge on any atom is 0.234 e. The molecular weight excluding hydrogens is 412 g/mol. The highest BCUT2D eigenvalue weighted by atomic mass is 79.9. The van der Waals surface area contributed by atoms with Gasteiger partial charge in [0.15, 0.2) is 11.0 Å². The van der Waals surface area contributed by atoms with Crippen molar-refractivity contribution in [3.05, 3.63) is 58.1 Å². The van der Waals surface area contributed by atoms with Crippen LogP contribution < -0.4 is 5.32 Å². The summed E-state index contributed by atoms with van der Waals surface area (Å²) in [5, 5.41) is 12.1. The van der Waals surface area contributed by atoms with E-state index in [1.54, 1.807) is 0 Å². The summed E-state index contributed by atoms with van der Waals surface area (Å²) in [4.78, 5) is 12.2. The molecule has 0 fully saturated rings. The fourth-order valence-corrected chi connectivity index (χ4v) is 3.41. The molecule has 0 bridgehead atoms. The lowest BCUT2D eigenvalue weighted by atomic mass is 10.1. The van der Waals surface area contributed by atoms with Gasteiger partial charge in [-0.2, -0.15) is 0 Å². The van der Waals surface area contributed by atoms with E-state index in [1.165, 1.54) is 17.3 Å². The Hall–Kier alpha value is -2.12. The largest absolute Gasteiger partial charge is 0.325 e. The van der Waals surface area contributed by atoms with Gasteiger partial charge in [-0.25, -0.2) is 0 Å². The predicted octanol–water partition coefficient (Wildman–Crippen LogP) is 4.59. The molecule has 1 aromatic heterocycles. The summed E-state index contributed by atoms with van der Waals surface area (Å²) >= 11 is 4.80. The summed E-state index contributed by atoms with van der Waals surface area (Å²) in [6, 6.07) is 13.8. The highest BCUT2D eigenvalue weighted by Crippen LogP contribution is 2.24. The molecule has 0 atom stereocenters. The van der Waals surface area contributed by atoms with Crippen molar-refractivity contribution in [1.29, 1.82) is 0 Å². The Morgan fingerprint density at radius 2 is 1.85 bits per heavy atom. The smallest absolute Gasteiger partial charge is 0.234 e. The summed E-state index contributed by atoms with van der Waals surface area (Å²) in [5.74, 6) is 0.986. The van der Waals surface area contributed by atoms with Gasteiger partial charge in [-0.15, -0.1) is 10.2 Å². The number of aryl methyl sites for hydroxylation is 2. The minimum Gasteiger partial charge on any atom is -0.325 e. The molecule has 0 spiro atoms. The van der Waals surface area contributed by atoms with Gasteiger partial charge in [-0.05, 0) is 49.2 Å². The molecule has 0 radical (unpaired) electrons. The Kier molecular flexibility index (Phi) is 5.78. The van der Waals surface area contributed by atoms with Crippen molar-refractivity contribution < 1.29 is 4.79 Å². The molecule has 7 heteroatoms. The van der Waals surface area contributed by atoms with Crippen LogP contribution >= 0.6 is 27.7 Å². The minimum atomic E-state index is -0.0635. The summed E-state index contributed by atoms with van der Waals surface area (Å²) in [5.41, 5.74) is 4.15. The van der Waals surface area contributed by atoms with Crippen LogP contribution in [0.2, 0.25) is 0 Å². The molecule has 3 rings (SSSR count). The monoisotopic (exact) mass is 430 g/mol. The Balaban J connectivity index is 1.63. The second kappa shape index (κ2) is 8.05. The number of nitrogens with zero attached hydrogens (tertiary/aromatic N) is 3. The standard InChI is InChI=1S/C19H19BrN4OS/c1-12-4-9-16(10-13(12)2)21-17(25)11-26-19-23-22-18(24(19)3)14-5-7-15(20)8-6-14/h4-10H,11H2,1-3H3,(H,21,25). The summed E-state index contributed by atoms with van der Waals surface area (Å²) in [6.45, 7) is 4.08. The fraction of sp³-hybridized carbons (Fsp3) is 0.211. The first-order chi connectivity index (χ1) is 12.4. The number of nitrogens with one attached hydrogen (secondary N) is 1. The van der Waals surface area contributed by atoms with Gasteiger partial charge in [-0.1, -0.05) is 45.9 Å². The van der Waals surface area contributed by atoms with E-state index in [0.717, 1.165) is 27.1 Å². The molecule has 0 unspecified atom stereocenters. The maximum absolute atomic E-state index is 12.2. The third-order valence-electron chi connectivity index (χ3n) is 4.06. The molecule has 134 valence electrons. The molecule has 1 heterocycles. The van der Waals surface area contributed by atoms with Crippen LogP contribution in [0.4, 0.5) is 5.69 Å². The van der Waals surface area contributed by atoms with E-state index in [1.807, 2.05) is 67.9 Å². The van der Waals surface area contributed by atoms with Crippen LogP contribution in [0.25, 0.3) is 11.4 Å². The van der Waals surface area contributed by atoms with Gasteiger partial charge in [0.25, 0.3) is 0 Å². The number of carbonyl (C=O) groups is 1. The number of carbonyl (C=O) groups excluding carboxylic acids is 1. The highest BCUT2D eigenvalue weighted by Gasteiger charge is 2.13. The van der Waals surface area contributed by atoms with Crippen molar-refractivity contribution in [2.24, 2.45) is 7.05 Å². The lowest BCUT2D eigenvalue weighted by molar-refractivity contribution is -0.113. The molecule has 26 heavy (non-hydrogen) atoms. The number of hydrogen-bond donors (Lipinski definition) is 1. The van der Waals surface area contributed by atoms with E-state index in [-0.39, 0.29) is 11.7 Å². The van der Waals surface area contributed by atoms with Gasteiger partial charge >= 0.3 is 0 Å². The van der Waals surface area contributed by atoms with Crippen molar-refractivity contribution >= 4 is 39.3 Å². The maximum atomic E-state index is 12.2. The Morgan fingerprint density at radius 1 is 1.12 bits per heavy atom. The van der Waals surface area contributed by atoms with Gasteiger partial charge in [0, 0.05) is 22.8 Å². The van der Waals surface area contributed by atoms with E-state index < -0.39 is 0 Å². The number of thioether (sulfide) groups is 1. The average Bonchev–Trinajstić information content (AvgIpc) is 2.98. The molecule has 1 amide bonds. The number of aromatic nitrogens is 3. The third-order valence-corrected chi connectivity index (χ3v) is 5.61. The topological polar surface area (TPSA) is 59.8 Å². The second-order valence-corrected chi connectivity index (χ2v) is 7.87. The molecule has 2 aromatic carbocycles. The molecule has 3 aromatic rings. The zero-order chi connectivity index (χ0) is 18.7. The third kappa shape index (κ3) is 4.34. The van der Waals surface area contributed by atoms with Gasteiger partial charge in [0.2, 0.25) is 5.91 Å². The molecule has 0 saturated heterocycles. The van der Waals surface area contributed by atoms with Crippen LogP contribution in [0.3, 0.4) is 0 Å². The van der Waals surface area contributed by atoms with E-state index in [4.69, 9.17) is 0 Å². The Labute approximate surface area is 165 Å². The van der Waals surface area contributed by atoms with Crippen molar-refractivity contribution in [2.45, 2.75) is 19.0 Å². The van der Waals surface area contributed by atoms with Gasteiger partial charge in [0.05, 0.1) is 5.75 Å². The Bertz CT molecular complexity index is 937. The van der Waals surface area contributed by atoms with Crippen LogP contribution in [0.15, 0.2) is 52.1 Å². The molecular formula is C19H19BrN4OS. The molecule has 0 aliphatic rings. The van der Waals surface area contributed by atoms with Crippen LogP contribution in [-0.4, -0.2) is 26.4 Å². The summed E-state index contributed by atoms with van der Waals surface area (Å²) < 4.78 is 2.91. The summed E-state index contributed by atoms with van der Waals surface area (Å²) in [7, 11) is 1.90. The molecule has 0 aliphatic carbocycles. The summed E-state index contributed by atoms with van der Waals surface area (Å²) in [6.07, 6.45) is 0. The lowest BCUT2D eigenvalue weighted by Gasteiger charge is -2.08. The van der Waals surface area contributed by atoms with E-state index in [9.17, 15) is 4.79 Å². The molecule has 5 nitrogen and oxygen atoms in total.